The SMILES string of the molecule is COCCOc1cc(OC(C)=O)nc(Cl)n1. The lowest BCUT2D eigenvalue weighted by atomic mass is 10.6. The molecule has 0 amide bonds. The van der Waals surface area contributed by atoms with Crippen LogP contribution in [0.3, 0.4) is 0 Å². The zero-order chi connectivity index (χ0) is 12.0. The van der Waals surface area contributed by atoms with Crippen molar-refractivity contribution in [2.75, 3.05) is 20.3 Å². The van der Waals surface area contributed by atoms with Crippen LogP contribution in [0.1, 0.15) is 6.92 Å². The highest BCUT2D eigenvalue weighted by Gasteiger charge is 2.06. The molecule has 0 aliphatic carbocycles. The molecule has 0 bridgehead atoms. The van der Waals surface area contributed by atoms with E-state index < -0.39 is 5.97 Å². The molecule has 0 aliphatic heterocycles. The highest BCUT2D eigenvalue weighted by molar-refractivity contribution is 6.28. The summed E-state index contributed by atoms with van der Waals surface area (Å²) in [4.78, 5) is 18.2. The van der Waals surface area contributed by atoms with Crippen molar-refractivity contribution in [3.8, 4) is 11.8 Å². The quantitative estimate of drug-likeness (QED) is 0.440. The van der Waals surface area contributed by atoms with Gasteiger partial charge in [0.1, 0.15) is 6.61 Å². The highest BCUT2D eigenvalue weighted by Crippen LogP contribution is 2.18. The first-order valence-corrected chi connectivity index (χ1v) is 4.84. The Morgan fingerprint density at radius 2 is 2.06 bits per heavy atom. The molecule has 0 fully saturated rings. The van der Waals surface area contributed by atoms with Crippen LogP contribution in [0.25, 0.3) is 0 Å². The van der Waals surface area contributed by atoms with Gasteiger partial charge in [-0.05, 0) is 11.6 Å². The van der Waals surface area contributed by atoms with Gasteiger partial charge in [0.2, 0.25) is 17.0 Å². The molecule has 1 aromatic rings. The molecule has 0 atom stereocenters. The van der Waals surface area contributed by atoms with Gasteiger partial charge in [-0.2, -0.15) is 9.97 Å². The van der Waals surface area contributed by atoms with Crippen LogP contribution in [-0.4, -0.2) is 36.3 Å². The molecule has 0 aliphatic rings. The molecule has 0 unspecified atom stereocenters. The van der Waals surface area contributed by atoms with Crippen molar-refractivity contribution < 1.29 is 19.0 Å². The number of nitrogens with zero attached hydrogens (tertiary/aromatic N) is 2. The van der Waals surface area contributed by atoms with E-state index in [0.29, 0.717) is 13.2 Å². The van der Waals surface area contributed by atoms with Gasteiger partial charge in [0, 0.05) is 14.0 Å². The summed E-state index contributed by atoms with van der Waals surface area (Å²) >= 11 is 5.62. The van der Waals surface area contributed by atoms with Crippen LogP contribution in [0.5, 0.6) is 11.8 Å². The zero-order valence-corrected chi connectivity index (χ0v) is 9.65. The van der Waals surface area contributed by atoms with Crippen LogP contribution in [-0.2, 0) is 9.53 Å². The number of carbonyl (C=O) groups excluding carboxylic acids is 1. The Morgan fingerprint density at radius 3 is 2.69 bits per heavy atom. The van der Waals surface area contributed by atoms with E-state index in [1.165, 1.54) is 13.0 Å². The summed E-state index contributed by atoms with van der Waals surface area (Å²) in [5.41, 5.74) is 0. The average molecular weight is 247 g/mol. The second-order valence-electron chi connectivity index (χ2n) is 2.75. The van der Waals surface area contributed by atoms with E-state index in [9.17, 15) is 4.79 Å². The Kier molecular flexibility index (Phi) is 4.94. The van der Waals surface area contributed by atoms with Crippen molar-refractivity contribution in [3.63, 3.8) is 0 Å². The first-order chi connectivity index (χ1) is 7.61. The monoisotopic (exact) mass is 246 g/mol. The van der Waals surface area contributed by atoms with E-state index in [-0.39, 0.29) is 17.0 Å². The molecule has 88 valence electrons. The zero-order valence-electron chi connectivity index (χ0n) is 8.90. The minimum atomic E-state index is -0.488. The molecule has 0 saturated carbocycles. The Balaban J connectivity index is 2.69. The molecule has 0 spiro atoms. The molecule has 1 rings (SSSR count). The van der Waals surface area contributed by atoms with E-state index in [1.54, 1.807) is 7.11 Å². The number of rotatable bonds is 5. The Morgan fingerprint density at radius 1 is 1.38 bits per heavy atom. The lowest BCUT2D eigenvalue weighted by molar-refractivity contribution is -0.132. The van der Waals surface area contributed by atoms with Crippen molar-refractivity contribution in [1.82, 2.24) is 9.97 Å². The molecule has 16 heavy (non-hydrogen) atoms. The maximum atomic E-state index is 10.7. The van der Waals surface area contributed by atoms with Crippen molar-refractivity contribution in [2.45, 2.75) is 6.92 Å². The molecule has 7 heteroatoms. The van der Waals surface area contributed by atoms with Gasteiger partial charge >= 0.3 is 5.97 Å². The number of methoxy groups -OCH3 is 1. The first-order valence-electron chi connectivity index (χ1n) is 4.46. The van der Waals surface area contributed by atoms with Crippen LogP contribution >= 0.6 is 11.6 Å². The molecule has 0 aromatic carbocycles. The topological polar surface area (TPSA) is 70.5 Å². The molecule has 6 nitrogen and oxygen atoms in total. The van der Waals surface area contributed by atoms with E-state index >= 15 is 0 Å². The lowest BCUT2D eigenvalue weighted by Crippen LogP contribution is -2.08. The van der Waals surface area contributed by atoms with Crippen LogP contribution in [0.15, 0.2) is 6.07 Å². The van der Waals surface area contributed by atoms with E-state index in [2.05, 4.69) is 9.97 Å². The van der Waals surface area contributed by atoms with Crippen molar-refractivity contribution >= 4 is 17.6 Å². The second kappa shape index (κ2) is 6.24. The van der Waals surface area contributed by atoms with Gasteiger partial charge in [-0.1, -0.05) is 0 Å². The third-order valence-electron chi connectivity index (χ3n) is 1.44. The minimum absolute atomic E-state index is 0.0498. The van der Waals surface area contributed by atoms with E-state index in [1.807, 2.05) is 0 Å². The average Bonchev–Trinajstić information content (AvgIpc) is 2.16. The summed E-state index contributed by atoms with van der Waals surface area (Å²) in [6.45, 7) is 2.01. The molecule has 0 saturated heterocycles. The fraction of sp³-hybridized carbons (Fsp3) is 0.444. The predicted octanol–water partition coefficient (Wildman–Crippen LogP) is 1.08. The molecule has 1 heterocycles. The van der Waals surface area contributed by atoms with Crippen molar-refractivity contribution in [3.05, 3.63) is 11.3 Å². The van der Waals surface area contributed by atoms with Crippen molar-refractivity contribution in [1.29, 1.82) is 0 Å². The highest BCUT2D eigenvalue weighted by atomic mass is 35.5. The van der Waals surface area contributed by atoms with Gasteiger partial charge in [-0.3, -0.25) is 4.79 Å². The standard InChI is InChI=1S/C9H11ClN2O4/c1-6(13)16-8-5-7(11-9(10)12-8)15-4-3-14-2/h5H,3-4H2,1-2H3. The fourth-order valence-electron chi connectivity index (χ4n) is 0.880. The normalized spacial score (nSPS) is 9.94. The van der Waals surface area contributed by atoms with Crippen LogP contribution < -0.4 is 9.47 Å². The van der Waals surface area contributed by atoms with Crippen LogP contribution in [0.4, 0.5) is 0 Å². The predicted molar refractivity (Wildman–Crippen MR) is 55.7 cm³/mol. The summed E-state index contributed by atoms with van der Waals surface area (Å²) in [5.74, 6) is -0.203. The fourth-order valence-corrected chi connectivity index (χ4v) is 1.05. The molecule has 0 radical (unpaired) electrons. The minimum Gasteiger partial charge on any atom is -0.475 e. The van der Waals surface area contributed by atoms with E-state index in [0.717, 1.165) is 0 Å². The molecule has 1 aromatic heterocycles. The van der Waals surface area contributed by atoms with Crippen LogP contribution in [0.2, 0.25) is 5.28 Å². The van der Waals surface area contributed by atoms with Gasteiger partial charge in [0.05, 0.1) is 12.7 Å². The molecular formula is C9H11ClN2O4. The van der Waals surface area contributed by atoms with Gasteiger partial charge in [0.15, 0.2) is 0 Å². The summed E-state index contributed by atoms with van der Waals surface area (Å²) in [6, 6.07) is 1.38. The number of ether oxygens (including phenoxy) is 3. The maximum absolute atomic E-state index is 10.7. The summed E-state index contributed by atoms with van der Waals surface area (Å²) in [7, 11) is 1.56. The number of halogens is 1. The molecular weight excluding hydrogens is 236 g/mol. The summed E-state index contributed by atoms with van der Waals surface area (Å²) in [6.07, 6.45) is 0. The van der Waals surface area contributed by atoms with Crippen LogP contribution in [0, 0.1) is 0 Å². The van der Waals surface area contributed by atoms with Gasteiger partial charge in [-0.15, -0.1) is 0 Å². The van der Waals surface area contributed by atoms with Crippen molar-refractivity contribution in [2.24, 2.45) is 0 Å². The third-order valence-corrected chi connectivity index (χ3v) is 1.61. The molecule has 0 N–H and O–H groups in total. The largest absolute Gasteiger partial charge is 0.475 e. The summed E-state index contributed by atoms with van der Waals surface area (Å²) < 4.78 is 14.8. The third kappa shape index (κ3) is 4.41. The Labute approximate surface area is 97.5 Å². The van der Waals surface area contributed by atoms with Gasteiger partial charge in [-0.25, -0.2) is 0 Å². The number of carbonyl (C=O) groups is 1. The number of aromatic nitrogens is 2. The van der Waals surface area contributed by atoms with E-state index in [4.69, 9.17) is 25.8 Å². The smallest absolute Gasteiger partial charge is 0.309 e. The Hall–Kier alpha value is -1.40. The first kappa shape index (κ1) is 12.7. The number of hydrogen-bond donors (Lipinski definition) is 0. The number of esters is 1. The number of hydrogen-bond acceptors (Lipinski definition) is 6. The summed E-state index contributed by atoms with van der Waals surface area (Å²) in [5, 5.41) is -0.0498. The van der Waals surface area contributed by atoms with Gasteiger partial charge in [0.25, 0.3) is 0 Å². The second-order valence-corrected chi connectivity index (χ2v) is 3.09. The Bertz CT molecular complexity index is 373. The van der Waals surface area contributed by atoms with Gasteiger partial charge < -0.3 is 14.2 Å². The lowest BCUT2D eigenvalue weighted by Gasteiger charge is -2.06. The maximum Gasteiger partial charge on any atom is 0.309 e.